The number of carbonyl (C=O) groups excluding carboxylic acids is 1. The van der Waals surface area contributed by atoms with Gasteiger partial charge < -0.3 is 25.2 Å². The number of benzene rings is 1. The van der Waals surface area contributed by atoms with E-state index in [9.17, 15) is 4.79 Å². The Morgan fingerprint density at radius 3 is 2.69 bits per heavy atom. The first-order chi connectivity index (χ1) is 15.5. The van der Waals surface area contributed by atoms with Gasteiger partial charge in [0, 0.05) is 52.0 Å². The van der Waals surface area contributed by atoms with Crippen LogP contribution in [0.2, 0.25) is 0 Å². The Balaban J connectivity index is 1.60. The van der Waals surface area contributed by atoms with Gasteiger partial charge in [0.1, 0.15) is 5.82 Å². The number of nitrogens with one attached hydrogen (secondary N) is 2. The Morgan fingerprint density at radius 2 is 2.00 bits per heavy atom. The molecule has 8 heteroatoms. The van der Waals surface area contributed by atoms with Crippen LogP contribution in [0.4, 0.5) is 5.82 Å². The topological polar surface area (TPSA) is 82.1 Å². The zero-order chi connectivity index (χ0) is 22.9. The second kappa shape index (κ2) is 11.5. The SMILES string of the molecule is CCNC(=NCc1ccnc(N2CCOC(C)C2)c1)NCc1ccc(C(=O)N(C)C)cc1. The van der Waals surface area contributed by atoms with E-state index in [0.717, 1.165) is 49.1 Å². The molecule has 0 saturated carbocycles. The Labute approximate surface area is 190 Å². The zero-order valence-electron chi connectivity index (χ0n) is 19.5. The van der Waals surface area contributed by atoms with Gasteiger partial charge in [0.25, 0.3) is 5.91 Å². The van der Waals surface area contributed by atoms with Gasteiger partial charge in [-0.1, -0.05) is 12.1 Å². The number of rotatable bonds is 7. The van der Waals surface area contributed by atoms with Gasteiger partial charge in [-0.25, -0.2) is 9.98 Å². The number of nitrogens with zero attached hydrogens (tertiary/aromatic N) is 4. The number of amides is 1. The fraction of sp³-hybridized carbons (Fsp3) is 0.458. The maximum atomic E-state index is 12.0. The van der Waals surface area contributed by atoms with Crippen LogP contribution in [0.15, 0.2) is 47.6 Å². The standard InChI is InChI=1S/C24H34N6O2/c1-5-25-24(27-15-19-6-8-21(9-7-19)23(31)29(3)4)28-16-20-10-11-26-22(14-20)30-12-13-32-18(2)17-30/h6-11,14,18H,5,12-13,15-17H2,1-4H3,(H2,25,27,28). The lowest BCUT2D eigenvalue weighted by Crippen LogP contribution is -2.41. The van der Waals surface area contributed by atoms with Crippen LogP contribution in [0.5, 0.6) is 0 Å². The second-order valence-electron chi connectivity index (χ2n) is 8.09. The van der Waals surface area contributed by atoms with Crippen molar-refractivity contribution in [1.29, 1.82) is 0 Å². The van der Waals surface area contributed by atoms with E-state index < -0.39 is 0 Å². The number of aliphatic imine (C=N–C) groups is 1. The Kier molecular flexibility index (Phi) is 8.44. The van der Waals surface area contributed by atoms with Gasteiger partial charge in [0.2, 0.25) is 0 Å². The number of hydrogen-bond acceptors (Lipinski definition) is 5. The molecule has 1 saturated heterocycles. The van der Waals surface area contributed by atoms with Crippen LogP contribution >= 0.6 is 0 Å². The summed E-state index contributed by atoms with van der Waals surface area (Å²) in [6.07, 6.45) is 2.06. The van der Waals surface area contributed by atoms with E-state index in [-0.39, 0.29) is 12.0 Å². The van der Waals surface area contributed by atoms with Crippen LogP contribution in [0.1, 0.15) is 35.3 Å². The Bertz CT molecular complexity index is 913. The first-order valence-corrected chi connectivity index (χ1v) is 11.1. The van der Waals surface area contributed by atoms with Crippen molar-refractivity contribution in [2.75, 3.05) is 45.2 Å². The zero-order valence-corrected chi connectivity index (χ0v) is 19.5. The fourth-order valence-corrected chi connectivity index (χ4v) is 3.48. The molecule has 1 atom stereocenters. The largest absolute Gasteiger partial charge is 0.375 e. The molecule has 0 aliphatic carbocycles. The molecule has 0 bridgehead atoms. The van der Waals surface area contributed by atoms with Crippen LogP contribution in [-0.4, -0.2) is 68.2 Å². The van der Waals surface area contributed by atoms with Crippen molar-refractivity contribution in [3.63, 3.8) is 0 Å². The molecule has 3 rings (SSSR count). The summed E-state index contributed by atoms with van der Waals surface area (Å²) < 4.78 is 5.63. The Morgan fingerprint density at radius 1 is 1.22 bits per heavy atom. The molecular formula is C24H34N6O2. The minimum absolute atomic E-state index is 0.00247. The lowest BCUT2D eigenvalue weighted by atomic mass is 10.1. The van der Waals surface area contributed by atoms with Crippen molar-refractivity contribution in [3.8, 4) is 0 Å². The third-order valence-electron chi connectivity index (χ3n) is 5.21. The van der Waals surface area contributed by atoms with Crippen molar-refractivity contribution in [1.82, 2.24) is 20.5 Å². The van der Waals surface area contributed by atoms with Gasteiger partial charge >= 0.3 is 0 Å². The predicted octanol–water partition coefficient (Wildman–Crippen LogP) is 2.26. The van der Waals surface area contributed by atoms with Crippen LogP contribution in [-0.2, 0) is 17.8 Å². The maximum Gasteiger partial charge on any atom is 0.253 e. The van der Waals surface area contributed by atoms with E-state index in [2.05, 4.69) is 33.5 Å². The summed E-state index contributed by atoms with van der Waals surface area (Å²) in [4.78, 5) is 25.1. The molecule has 1 amide bonds. The van der Waals surface area contributed by atoms with Gasteiger partial charge in [-0.15, -0.1) is 0 Å². The summed E-state index contributed by atoms with van der Waals surface area (Å²) in [5.41, 5.74) is 2.87. The van der Waals surface area contributed by atoms with Crippen molar-refractivity contribution >= 4 is 17.7 Å². The highest BCUT2D eigenvalue weighted by atomic mass is 16.5. The normalized spacial score (nSPS) is 16.6. The third-order valence-corrected chi connectivity index (χ3v) is 5.21. The minimum Gasteiger partial charge on any atom is -0.375 e. The first kappa shape index (κ1) is 23.5. The average molecular weight is 439 g/mol. The summed E-state index contributed by atoms with van der Waals surface area (Å²) in [6, 6.07) is 11.7. The maximum absolute atomic E-state index is 12.0. The Hall–Kier alpha value is -3.13. The number of morpholine rings is 1. The van der Waals surface area contributed by atoms with Crippen LogP contribution in [0.25, 0.3) is 0 Å². The van der Waals surface area contributed by atoms with Crippen LogP contribution in [0, 0.1) is 0 Å². The molecule has 32 heavy (non-hydrogen) atoms. The highest BCUT2D eigenvalue weighted by Crippen LogP contribution is 2.17. The number of guanidine groups is 1. The average Bonchev–Trinajstić information content (AvgIpc) is 2.81. The summed E-state index contributed by atoms with van der Waals surface area (Å²) in [5, 5.41) is 6.65. The highest BCUT2D eigenvalue weighted by Gasteiger charge is 2.18. The predicted molar refractivity (Wildman–Crippen MR) is 128 cm³/mol. The molecular weight excluding hydrogens is 404 g/mol. The molecule has 0 spiro atoms. The monoisotopic (exact) mass is 438 g/mol. The number of carbonyl (C=O) groups is 1. The molecule has 1 aromatic heterocycles. The van der Waals surface area contributed by atoms with Gasteiger partial charge in [0.05, 0.1) is 19.3 Å². The van der Waals surface area contributed by atoms with Crippen LogP contribution < -0.4 is 15.5 Å². The van der Waals surface area contributed by atoms with Gasteiger partial charge in [0.15, 0.2) is 5.96 Å². The number of anilines is 1. The van der Waals surface area contributed by atoms with Gasteiger partial charge in [-0.05, 0) is 49.2 Å². The fourth-order valence-electron chi connectivity index (χ4n) is 3.48. The van der Waals surface area contributed by atoms with E-state index in [1.54, 1.807) is 19.0 Å². The lowest BCUT2D eigenvalue weighted by molar-refractivity contribution is 0.0529. The summed E-state index contributed by atoms with van der Waals surface area (Å²) in [7, 11) is 3.51. The molecule has 2 N–H and O–H groups in total. The third kappa shape index (κ3) is 6.68. The summed E-state index contributed by atoms with van der Waals surface area (Å²) in [6.45, 7) is 8.51. The number of pyridine rings is 1. The molecule has 1 aliphatic heterocycles. The highest BCUT2D eigenvalue weighted by molar-refractivity contribution is 5.93. The van der Waals surface area contributed by atoms with Crippen molar-refractivity contribution in [3.05, 3.63) is 59.3 Å². The molecule has 1 aliphatic rings. The first-order valence-electron chi connectivity index (χ1n) is 11.1. The molecule has 172 valence electrons. The van der Waals surface area contributed by atoms with Crippen molar-refractivity contribution in [2.24, 2.45) is 4.99 Å². The van der Waals surface area contributed by atoms with Crippen molar-refractivity contribution < 1.29 is 9.53 Å². The van der Waals surface area contributed by atoms with E-state index in [1.807, 2.05) is 43.5 Å². The molecule has 1 aromatic carbocycles. The minimum atomic E-state index is 0.00247. The smallest absolute Gasteiger partial charge is 0.253 e. The second-order valence-corrected chi connectivity index (χ2v) is 8.09. The van der Waals surface area contributed by atoms with Crippen LogP contribution in [0.3, 0.4) is 0 Å². The van der Waals surface area contributed by atoms with Gasteiger partial charge in [-0.3, -0.25) is 4.79 Å². The molecule has 8 nitrogen and oxygen atoms in total. The lowest BCUT2D eigenvalue weighted by Gasteiger charge is -2.32. The summed E-state index contributed by atoms with van der Waals surface area (Å²) >= 11 is 0. The number of aromatic nitrogens is 1. The molecule has 2 heterocycles. The van der Waals surface area contributed by atoms with E-state index in [4.69, 9.17) is 9.73 Å². The number of ether oxygens (including phenoxy) is 1. The van der Waals surface area contributed by atoms with E-state index >= 15 is 0 Å². The number of hydrogen-bond donors (Lipinski definition) is 2. The van der Waals surface area contributed by atoms with E-state index in [0.29, 0.717) is 18.7 Å². The molecule has 1 unspecified atom stereocenters. The van der Waals surface area contributed by atoms with E-state index in [1.165, 1.54) is 0 Å². The molecule has 2 aromatic rings. The molecule has 1 fully saturated rings. The quantitative estimate of drug-likeness (QED) is 0.510. The van der Waals surface area contributed by atoms with Gasteiger partial charge in [-0.2, -0.15) is 0 Å². The summed E-state index contributed by atoms with van der Waals surface area (Å²) in [5.74, 6) is 1.72. The van der Waals surface area contributed by atoms with Crippen molar-refractivity contribution in [2.45, 2.75) is 33.0 Å². The molecule has 0 radical (unpaired) electrons.